The summed E-state index contributed by atoms with van der Waals surface area (Å²) in [6.07, 6.45) is 3.14. The van der Waals surface area contributed by atoms with Gasteiger partial charge in [0.2, 0.25) is 0 Å². The maximum absolute atomic E-state index is 11.0. The molecule has 16 heavy (non-hydrogen) atoms. The molecule has 2 aromatic heterocycles. The summed E-state index contributed by atoms with van der Waals surface area (Å²) in [6, 6.07) is 4.93. The number of carboxylic acid groups (broad SMARTS) is 1. The van der Waals surface area contributed by atoms with Crippen LogP contribution >= 0.6 is 11.8 Å². The Bertz CT molecular complexity index is 521. The Hall–Kier alpha value is -1.75. The second-order valence-corrected chi connectivity index (χ2v) is 4.14. The molecule has 1 N–H and O–H groups in total. The van der Waals surface area contributed by atoms with E-state index < -0.39 is 5.97 Å². The molecule has 0 saturated heterocycles. The first-order chi connectivity index (χ1) is 7.68. The van der Waals surface area contributed by atoms with Crippen molar-refractivity contribution in [3.63, 3.8) is 0 Å². The van der Waals surface area contributed by atoms with E-state index in [0.717, 1.165) is 10.7 Å². The number of carboxylic acids is 1. The summed E-state index contributed by atoms with van der Waals surface area (Å²) in [5.41, 5.74) is 0.202. The van der Waals surface area contributed by atoms with Crippen LogP contribution in [0, 0.1) is 6.92 Å². The van der Waals surface area contributed by atoms with Crippen LogP contribution in [0.3, 0.4) is 0 Å². The van der Waals surface area contributed by atoms with Gasteiger partial charge in [-0.2, -0.15) is 0 Å². The van der Waals surface area contributed by atoms with Crippen molar-refractivity contribution in [2.75, 3.05) is 0 Å². The molecule has 0 aliphatic heterocycles. The van der Waals surface area contributed by atoms with Gasteiger partial charge < -0.3 is 9.52 Å². The molecule has 0 aromatic carbocycles. The normalized spacial score (nSPS) is 10.3. The lowest BCUT2D eigenvalue weighted by Crippen LogP contribution is -1.99. The Kier molecular flexibility index (Phi) is 2.96. The van der Waals surface area contributed by atoms with Crippen molar-refractivity contribution in [1.82, 2.24) is 4.98 Å². The number of nitrogens with zero attached hydrogens (tertiary/aromatic N) is 1. The van der Waals surface area contributed by atoms with E-state index in [0.29, 0.717) is 5.03 Å². The van der Waals surface area contributed by atoms with Crippen molar-refractivity contribution in [3.05, 3.63) is 42.0 Å². The van der Waals surface area contributed by atoms with Crippen molar-refractivity contribution >= 4 is 17.7 Å². The number of aryl methyl sites for hydroxylation is 1. The first-order valence-electron chi connectivity index (χ1n) is 4.58. The van der Waals surface area contributed by atoms with Crippen molar-refractivity contribution in [2.45, 2.75) is 16.8 Å². The second-order valence-electron chi connectivity index (χ2n) is 3.10. The minimum Gasteiger partial charge on any atom is -0.478 e. The van der Waals surface area contributed by atoms with Crippen LogP contribution in [-0.2, 0) is 0 Å². The van der Waals surface area contributed by atoms with Crippen molar-refractivity contribution in [1.29, 1.82) is 0 Å². The molecule has 0 bridgehead atoms. The molecule has 82 valence electrons. The van der Waals surface area contributed by atoms with Gasteiger partial charge in [-0.15, -0.1) is 0 Å². The SMILES string of the molecule is Cc1occc1Sc1ncccc1C(=O)O. The fourth-order valence-corrected chi connectivity index (χ4v) is 2.12. The molecule has 0 spiro atoms. The first-order valence-corrected chi connectivity index (χ1v) is 5.40. The predicted molar refractivity (Wildman–Crippen MR) is 58.8 cm³/mol. The number of furan rings is 1. The van der Waals surface area contributed by atoms with Gasteiger partial charge in [-0.3, -0.25) is 0 Å². The van der Waals surface area contributed by atoms with Crippen LogP contribution in [0.2, 0.25) is 0 Å². The molecular formula is C11H9NO3S. The molecule has 0 amide bonds. The standard InChI is InChI=1S/C11H9NO3S/c1-7-9(4-6-15-7)16-10-8(11(13)14)3-2-5-12-10/h2-6H,1H3,(H,13,14). The Morgan fingerprint density at radius 2 is 2.31 bits per heavy atom. The van der Waals surface area contributed by atoms with Crippen molar-refractivity contribution < 1.29 is 14.3 Å². The zero-order valence-corrected chi connectivity index (χ0v) is 9.32. The largest absolute Gasteiger partial charge is 0.478 e. The zero-order chi connectivity index (χ0) is 11.5. The zero-order valence-electron chi connectivity index (χ0n) is 8.51. The van der Waals surface area contributed by atoms with E-state index in [4.69, 9.17) is 9.52 Å². The Morgan fingerprint density at radius 3 is 2.94 bits per heavy atom. The lowest BCUT2D eigenvalue weighted by molar-refractivity contribution is 0.0692. The van der Waals surface area contributed by atoms with Crippen LogP contribution < -0.4 is 0 Å². The van der Waals surface area contributed by atoms with E-state index >= 15 is 0 Å². The van der Waals surface area contributed by atoms with Crippen LogP contribution in [0.1, 0.15) is 16.1 Å². The molecule has 0 aliphatic rings. The van der Waals surface area contributed by atoms with Gasteiger partial charge in [0.05, 0.1) is 16.7 Å². The molecule has 5 heteroatoms. The summed E-state index contributed by atoms with van der Waals surface area (Å²) in [7, 11) is 0. The summed E-state index contributed by atoms with van der Waals surface area (Å²) < 4.78 is 5.14. The van der Waals surface area contributed by atoms with Crippen molar-refractivity contribution in [2.24, 2.45) is 0 Å². The number of rotatable bonds is 3. The van der Waals surface area contributed by atoms with Gasteiger partial charge >= 0.3 is 5.97 Å². The van der Waals surface area contributed by atoms with E-state index in [1.165, 1.54) is 17.8 Å². The van der Waals surface area contributed by atoms with E-state index in [2.05, 4.69) is 4.98 Å². The quantitative estimate of drug-likeness (QED) is 0.886. The maximum atomic E-state index is 11.0. The van der Waals surface area contributed by atoms with Gasteiger partial charge in [0.15, 0.2) is 0 Å². The molecule has 0 saturated carbocycles. The third-order valence-corrected chi connectivity index (χ3v) is 3.18. The smallest absolute Gasteiger partial charge is 0.338 e. The number of carbonyl (C=O) groups is 1. The van der Waals surface area contributed by atoms with Crippen LogP contribution in [-0.4, -0.2) is 16.1 Å². The Morgan fingerprint density at radius 1 is 1.50 bits per heavy atom. The highest BCUT2D eigenvalue weighted by Crippen LogP contribution is 2.31. The highest BCUT2D eigenvalue weighted by atomic mass is 32.2. The van der Waals surface area contributed by atoms with Gasteiger partial charge in [0.1, 0.15) is 10.8 Å². The fraction of sp³-hybridized carbons (Fsp3) is 0.0909. The third-order valence-electron chi connectivity index (χ3n) is 2.02. The molecule has 0 atom stereocenters. The van der Waals surface area contributed by atoms with Crippen LogP contribution in [0.15, 0.2) is 45.0 Å². The second kappa shape index (κ2) is 4.40. The summed E-state index contributed by atoms with van der Waals surface area (Å²) in [5.74, 6) is -0.219. The first kappa shape index (κ1) is 10.8. The highest BCUT2D eigenvalue weighted by molar-refractivity contribution is 7.99. The monoisotopic (exact) mass is 235 g/mol. The highest BCUT2D eigenvalue weighted by Gasteiger charge is 2.13. The summed E-state index contributed by atoms with van der Waals surface area (Å²) >= 11 is 1.29. The molecule has 0 unspecified atom stereocenters. The van der Waals surface area contributed by atoms with E-state index in [9.17, 15) is 4.79 Å². The molecule has 2 heterocycles. The molecule has 0 radical (unpaired) electrons. The van der Waals surface area contributed by atoms with Crippen LogP contribution in [0.5, 0.6) is 0 Å². The van der Waals surface area contributed by atoms with Gasteiger partial charge in [0, 0.05) is 6.20 Å². The topological polar surface area (TPSA) is 63.3 Å². The molecule has 0 aliphatic carbocycles. The summed E-state index contributed by atoms with van der Waals surface area (Å²) in [5, 5.41) is 9.46. The minimum atomic E-state index is -0.975. The average molecular weight is 235 g/mol. The van der Waals surface area contributed by atoms with Gasteiger partial charge in [-0.25, -0.2) is 9.78 Å². The predicted octanol–water partition coefficient (Wildman–Crippen LogP) is 2.83. The lowest BCUT2D eigenvalue weighted by atomic mass is 10.3. The lowest BCUT2D eigenvalue weighted by Gasteiger charge is -2.02. The number of hydrogen-bond donors (Lipinski definition) is 1. The molecule has 2 aromatic rings. The molecule has 2 rings (SSSR count). The van der Waals surface area contributed by atoms with Crippen LogP contribution in [0.4, 0.5) is 0 Å². The summed E-state index contributed by atoms with van der Waals surface area (Å²) in [4.78, 5) is 15.9. The number of aromatic nitrogens is 1. The third kappa shape index (κ3) is 2.09. The number of hydrogen-bond acceptors (Lipinski definition) is 4. The van der Waals surface area contributed by atoms with Crippen LogP contribution in [0.25, 0.3) is 0 Å². The summed E-state index contributed by atoms with van der Waals surface area (Å²) in [6.45, 7) is 1.83. The number of pyridine rings is 1. The number of aromatic carboxylic acids is 1. The van der Waals surface area contributed by atoms with Gasteiger partial charge in [0.25, 0.3) is 0 Å². The van der Waals surface area contributed by atoms with Crippen molar-refractivity contribution in [3.8, 4) is 0 Å². The molecule has 4 nitrogen and oxygen atoms in total. The van der Waals surface area contributed by atoms with E-state index in [1.807, 2.05) is 6.92 Å². The minimum absolute atomic E-state index is 0.202. The van der Waals surface area contributed by atoms with E-state index in [1.54, 1.807) is 24.6 Å². The van der Waals surface area contributed by atoms with E-state index in [-0.39, 0.29) is 5.56 Å². The molecular weight excluding hydrogens is 226 g/mol. The molecule has 0 fully saturated rings. The Balaban J connectivity index is 2.35. The van der Waals surface area contributed by atoms with Gasteiger partial charge in [-0.05, 0) is 25.1 Å². The average Bonchev–Trinajstić information content (AvgIpc) is 2.65. The maximum Gasteiger partial charge on any atom is 0.338 e. The Labute approximate surface area is 96.3 Å². The van der Waals surface area contributed by atoms with Gasteiger partial charge in [-0.1, -0.05) is 11.8 Å². The fourth-order valence-electron chi connectivity index (χ4n) is 1.22.